The number of fused-ring (bicyclic) bond motifs is 1. The largest absolute Gasteiger partial charge is 0.479 e. The fourth-order valence-corrected chi connectivity index (χ4v) is 5.77. The van der Waals surface area contributed by atoms with E-state index in [-0.39, 0.29) is 28.0 Å². The molecule has 1 aliphatic rings. The standard InChI is InChI=1S/C25H19Cl3N2O6S/c1-3-35-24(34)20-12(2)29-25-30(21(20)14-6-4-5-7-15(14)26)23(33)18(37-25)10-13-8-16(27)22(17(28)9-13)36-11-19(31)32/h4-10,21H,3,11H2,1-2H3,(H,31,32)/t21-/m0/s1. The summed E-state index contributed by atoms with van der Waals surface area (Å²) in [5.74, 6) is -1.74. The molecule has 12 heteroatoms. The molecule has 1 aliphatic heterocycles. The monoisotopic (exact) mass is 580 g/mol. The smallest absolute Gasteiger partial charge is 0.341 e. The molecule has 0 unspecified atom stereocenters. The molecule has 0 radical (unpaired) electrons. The molecule has 1 atom stereocenters. The average Bonchev–Trinajstić information content (AvgIpc) is 3.12. The van der Waals surface area contributed by atoms with Crippen LogP contribution in [0.4, 0.5) is 0 Å². The van der Waals surface area contributed by atoms with Crippen LogP contribution in [0.5, 0.6) is 5.75 Å². The molecule has 0 bridgehead atoms. The van der Waals surface area contributed by atoms with Crippen molar-refractivity contribution in [2.45, 2.75) is 19.9 Å². The molecule has 0 amide bonds. The molecule has 1 N–H and O–H groups in total. The molecular formula is C25H19Cl3N2O6S. The van der Waals surface area contributed by atoms with Crippen molar-refractivity contribution in [2.24, 2.45) is 4.99 Å². The van der Waals surface area contributed by atoms with E-state index in [1.165, 1.54) is 16.7 Å². The maximum atomic E-state index is 13.7. The Morgan fingerprint density at radius 1 is 1.16 bits per heavy atom. The fourth-order valence-electron chi connectivity index (χ4n) is 3.87. The number of aliphatic carboxylic acids is 1. The van der Waals surface area contributed by atoms with E-state index >= 15 is 0 Å². The number of carbonyl (C=O) groups excluding carboxylic acids is 1. The van der Waals surface area contributed by atoms with E-state index in [2.05, 4.69) is 4.99 Å². The number of carboxylic acids is 1. The lowest BCUT2D eigenvalue weighted by atomic mass is 9.96. The molecule has 37 heavy (non-hydrogen) atoms. The number of nitrogens with zero attached hydrogens (tertiary/aromatic N) is 2. The van der Waals surface area contributed by atoms with Crippen molar-refractivity contribution in [3.8, 4) is 5.75 Å². The second kappa shape index (κ2) is 11.1. The van der Waals surface area contributed by atoms with Crippen LogP contribution in [0.2, 0.25) is 15.1 Å². The number of benzene rings is 2. The van der Waals surface area contributed by atoms with Crippen molar-refractivity contribution in [3.63, 3.8) is 0 Å². The normalized spacial score (nSPS) is 15.3. The van der Waals surface area contributed by atoms with Crippen LogP contribution in [-0.2, 0) is 14.3 Å². The maximum absolute atomic E-state index is 13.7. The van der Waals surface area contributed by atoms with E-state index in [0.29, 0.717) is 31.2 Å². The molecule has 192 valence electrons. The van der Waals surface area contributed by atoms with Gasteiger partial charge in [-0.05, 0) is 49.2 Å². The first-order valence-corrected chi connectivity index (χ1v) is 12.8. The second-order valence-electron chi connectivity index (χ2n) is 7.82. The number of rotatable bonds is 7. The molecule has 0 saturated heterocycles. The third-order valence-electron chi connectivity index (χ3n) is 5.38. The molecule has 1 aromatic heterocycles. The lowest BCUT2D eigenvalue weighted by Gasteiger charge is -2.25. The van der Waals surface area contributed by atoms with Gasteiger partial charge in [-0.25, -0.2) is 14.6 Å². The second-order valence-corrected chi connectivity index (χ2v) is 10.1. The Hall–Kier alpha value is -3.11. The first-order valence-electron chi connectivity index (χ1n) is 10.9. The van der Waals surface area contributed by atoms with Gasteiger partial charge in [0, 0.05) is 5.02 Å². The van der Waals surface area contributed by atoms with Gasteiger partial charge in [0.1, 0.15) is 6.04 Å². The SMILES string of the molecule is CCOC(=O)C1=C(C)N=c2sc(=Cc3cc(Cl)c(OCC(=O)O)c(Cl)c3)c(=O)n2[C@H]1c1ccccc1Cl. The summed E-state index contributed by atoms with van der Waals surface area (Å²) in [6, 6.07) is 9.12. The highest BCUT2D eigenvalue weighted by Gasteiger charge is 2.34. The molecule has 4 rings (SSSR count). The summed E-state index contributed by atoms with van der Waals surface area (Å²) >= 11 is 20.1. The number of allylic oxidation sites excluding steroid dienone is 1. The first kappa shape index (κ1) is 26.9. The van der Waals surface area contributed by atoms with Crippen LogP contribution in [0.25, 0.3) is 6.08 Å². The van der Waals surface area contributed by atoms with Crippen LogP contribution in [0, 0.1) is 0 Å². The summed E-state index contributed by atoms with van der Waals surface area (Å²) in [6.07, 6.45) is 1.58. The van der Waals surface area contributed by atoms with Gasteiger partial charge in [-0.15, -0.1) is 0 Å². The summed E-state index contributed by atoms with van der Waals surface area (Å²) in [4.78, 5) is 42.3. The summed E-state index contributed by atoms with van der Waals surface area (Å²) in [7, 11) is 0. The maximum Gasteiger partial charge on any atom is 0.341 e. The van der Waals surface area contributed by atoms with E-state index in [1.807, 2.05) is 0 Å². The molecule has 3 aromatic rings. The summed E-state index contributed by atoms with van der Waals surface area (Å²) < 4.78 is 12.1. The Bertz CT molecular complexity index is 1600. The summed E-state index contributed by atoms with van der Waals surface area (Å²) in [6.45, 7) is 2.93. The number of hydrogen-bond acceptors (Lipinski definition) is 7. The van der Waals surface area contributed by atoms with Crippen molar-refractivity contribution in [1.29, 1.82) is 0 Å². The number of ether oxygens (including phenoxy) is 2. The van der Waals surface area contributed by atoms with Crippen LogP contribution in [-0.4, -0.2) is 34.8 Å². The van der Waals surface area contributed by atoms with E-state index in [1.54, 1.807) is 44.2 Å². The third kappa shape index (κ3) is 5.45. The zero-order valence-corrected chi connectivity index (χ0v) is 22.5. The highest BCUT2D eigenvalue weighted by Crippen LogP contribution is 2.35. The first-order chi connectivity index (χ1) is 17.6. The predicted octanol–water partition coefficient (Wildman–Crippen LogP) is 4.22. The van der Waals surface area contributed by atoms with Crippen molar-refractivity contribution >= 4 is 64.2 Å². The Kier molecular flexibility index (Phi) is 8.08. The third-order valence-corrected chi connectivity index (χ3v) is 7.26. The van der Waals surface area contributed by atoms with E-state index in [0.717, 1.165) is 11.3 Å². The molecule has 2 heterocycles. The van der Waals surface area contributed by atoms with Crippen molar-refractivity contribution in [3.05, 3.63) is 93.6 Å². The van der Waals surface area contributed by atoms with Gasteiger partial charge in [0.05, 0.1) is 32.5 Å². The molecule has 0 fully saturated rings. The topological polar surface area (TPSA) is 107 Å². The molecular weight excluding hydrogens is 563 g/mol. The summed E-state index contributed by atoms with van der Waals surface area (Å²) in [5, 5.41) is 9.39. The van der Waals surface area contributed by atoms with Crippen molar-refractivity contribution in [2.75, 3.05) is 13.2 Å². The molecule has 8 nitrogen and oxygen atoms in total. The van der Waals surface area contributed by atoms with Crippen LogP contribution in [0.15, 0.2) is 57.5 Å². The Morgan fingerprint density at radius 3 is 2.46 bits per heavy atom. The van der Waals surface area contributed by atoms with Gasteiger partial charge in [-0.2, -0.15) is 0 Å². The summed E-state index contributed by atoms with van der Waals surface area (Å²) in [5.41, 5.74) is 1.28. The van der Waals surface area contributed by atoms with Crippen LogP contribution in [0.3, 0.4) is 0 Å². The van der Waals surface area contributed by atoms with Crippen molar-refractivity contribution < 1.29 is 24.2 Å². The van der Waals surface area contributed by atoms with Gasteiger partial charge in [0.25, 0.3) is 5.56 Å². The Balaban J connectivity index is 1.88. The highest BCUT2D eigenvalue weighted by atomic mass is 35.5. The van der Waals surface area contributed by atoms with E-state index in [9.17, 15) is 14.4 Å². The van der Waals surface area contributed by atoms with E-state index in [4.69, 9.17) is 49.4 Å². The van der Waals surface area contributed by atoms with Crippen LogP contribution >= 0.6 is 46.1 Å². The zero-order valence-electron chi connectivity index (χ0n) is 19.5. The highest BCUT2D eigenvalue weighted by molar-refractivity contribution is 7.07. The lowest BCUT2D eigenvalue weighted by Crippen LogP contribution is -2.40. The van der Waals surface area contributed by atoms with Gasteiger partial charge in [0.15, 0.2) is 17.2 Å². The number of hydrogen-bond donors (Lipinski definition) is 1. The van der Waals surface area contributed by atoms with E-state index < -0.39 is 30.1 Å². The predicted molar refractivity (Wildman–Crippen MR) is 141 cm³/mol. The number of halogens is 3. The quantitative estimate of drug-likeness (QED) is 0.419. The zero-order chi connectivity index (χ0) is 26.9. The number of thiazole rings is 1. The van der Waals surface area contributed by atoms with Gasteiger partial charge in [-0.1, -0.05) is 64.3 Å². The molecule has 2 aromatic carbocycles. The van der Waals surface area contributed by atoms with Crippen molar-refractivity contribution in [1.82, 2.24) is 4.57 Å². The Morgan fingerprint density at radius 2 is 1.84 bits per heavy atom. The number of carboxylic acid groups (broad SMARTS) is 1. The minimum absolute atomic E-state index is 0.0257. The van der Waals surface area contributed by atoms with Crippen LogP contribution in [0.1, 0.15) is 31.0 Å². The lowest BCUT2D eigenvalue weighted by molar-refractivity contribution is -0.140. The number of esters is 1. The van der Waals surface area contributed by atoms with Gasteiger partial charge in [0.2, 0.25) is 0 Å². The van der Waals surface area contributed by atoms with Gasteiger partial charge in [-0.3, -0.25) is 9.36 Å². The van der Waals surface area contributed by atoms with Gasteiger partial charge >= 0.3 is 11.9 Å². The van der Waals surface area contributed by atoms with Gasteiger partial charge < -0.3 is 14.6 Å². The fraction of sp³-hybridized carbons (Fsp3) is 0.200. The molecule has 0 saturated carbocycles. The minimum atomic E-state index is -1.18. The molecule has 0 spiro atoms. The van der Waals surface area contributed by atoms with Crippen LogP contribution < -0.4 is 19.6 Å². The minimum Gasteiger partial charge on any atom is -0.479 e. The molecule has 0 aliphatic carbocycles. The number of aromatic nitrogens is 1. The Labute approximate surface area is 229 Å². The average molecular weight is 582 g/mol. The number of carbonyl (C=O) groups is 2.